The van der Waals surface area contributed by atoms with Gasteiger partial charge in [0, 0.05) is 17.9 Å². The summed E-state index contributed by atoms with van der Waals surface area (Å²) in [5.41, 5.74) is 11.5. The van der Waals surface area contributed by atoms with E-state index in [2.05, 4.69) is 43.4 Å². The van der Waals surface area contributed by atoms with E-state index in [-0.39, 0.29) is 0 Å². The second kappa shape index (κ2) is 4.91. The summed E-state index contributed by atoms with van der Waals surface area (Å²) < 4.78 is 0. The number of rotatable bonds is 3. The van der Waals surface area contributed by atoms with Gasteiger partial charge < -0.3 is 11.1 Å². The minimum atomic E-state index is 0.824. The van der Waals surface area contributed by atoms with Gasteiger partial charge in [0.2, 0.25) is 0 Å². The predicted molar refractivity (Wildman–Crippen MR) is 74.1 cm³/mol. The Kier molecular flexibility index (Phi) is 3.33. The molecule has 0 saturated heterocycles. The summed E-state index contributed by atoms with van der Waals surface area (Å²) in [7, 11) is 0. The van der Waals surface area contributed by atoms with E-state index in [1.807, 2.05) is 18.2 Å². The maximum absolute atomic E-state index is 5.81. The van der Waals surface area contributed by atoms with Crippen molar-refractivity contribution in [3.05, 3.63) is 59.2 Å². The molecule has 0 fully saturated rings. The summed E-state index contributed by atoms with van der Waals surface area (Å²) >= 11 is 0. The molecule has 2 aromatic carbocycles. The van der Waals surface area contributed by atoms with Crippen LogP contribution in [0.2, 0.25) is 0 Å². The van der Waals surface area contributed by atoms with E-state index in [4.69, 9.17) is 5.73 Å². The van der Waals surface area contributed by atoms with E-state index in [0.29, 0.717) is 0 Å². The zero-order valence-electron chi connectivity index (χ0n) is 10.3. The first-order valence-corrected chi connectivity index (χ1v) is 5.81. The summed E-state index contributed by atoms with van der Waals surface area (Å²) in [5.74, 6) is 0. The molecule has 0 aliphatic carbocycles. The number of aryl methyl sites for hydroxylation is 2. The van der Waals surface area contributed by atoms with Crippen molar-refractivity contribution in [1.29, 1.82) is 0 Å². The minimum Gasteiger partial charge on any atom is -0.399 e. The Balaban J connectivity index is 2.15. The molecule has 0 heterocycles. The van der Waals surface area contributed by atoms with Gasteiger partial charge in [-0.25, -0.2) is 0 Å². The Bertz CT molecular complexity index is 481. The lowest BCUT2D eigenvalue weighted by molar-refractivity contribution is 1.13. The topological polar surface area (TPSA) is 38.0 Å². The van der Waals surface area contributed by atoms with E-state index in [9.17, 15) is 0 Å². The van der Waals surface area contributed by atoms with Crippen molar-refractivity contribution in [3.8, 4) is 0 Å². The average Bonchev–Trinajstić information content (AvgIpc) is 2.29. The number of benzene rings is 2. The Morgan fingerprint density at radius 2 is 1.59 bits per heavy atom. The highest BCUT2D eigenvalue weighted by atomic mass is 14.9. The Hall–Kier alpha value is -1.96. The van der Waals surface area contributed by atoms with Crippen molar-refractivity contribution in [1.82, 2.24) is 0 Å². The fraction of sp³-hybridized carbons (Fsp3) is 0.200. The molecule has 0 aliphatic rings. The van der Waals surface area contributed by atoms with Crippen LogP contribution >= 0.6 is 0 Å². The fourth-order valence-electron chi connectivity index (χ4n) is 2.06. The van der Waals surface area contributed by atoms with E-state index >= 15 is 0 Å². The van der Waals surface area contributed by atoms with Crippen molar-refractivity contribution < 1.29 is 0 Å². The van der Waals surface area contributed by atoms with Crippen LogP contribution < -0.4 is 11.1 Å². The van der Waals surface area contributed by atoms with Crippen LogP contribution in [0.15, 0.2) is 42.5 Å². The van der Waals surface area contributed by atoms with Crippen molar-refractivity contribution in [2.75, 3.05) is 11.1 Å². The molecule has 0 saturated carbocycles. The Labute approximate surface area is 102 Å². The number of nitrogen functional groups attached to an aromatic ring is 1. The molecule has 2 rings (SSSR count). The molecule has 0 amide bonds. The molecule has 2 nitrogen and oxygen atoms in total. The van der Waals surface area contributed by atoms with Crippen molar-refractivity contribution in [2.45, 2.75) is 20.4 Å². The molecule has 88 valence electrons. The van der Waals surface area contributed by atoms with Crippen LogP contribution in [0.5, 0.6) is 0 Å². The normalized spacial score (nSPS) is 10.2. The van der Waals surface area contributed by atoms with Gasteiger partial charge in [-0.3, -0.25) is 0 Å². The molecular formula is C15H18N2. The molecule has 0 aromatic heterocycles. The van der Waals surface area contributed by atoms with E-state index < -0.39 is 0 Å². The standard InChI is InChI=1S/C15H18N2/c1-11-8-14(16)9-12(2)15(11)17-10-13-6-4-3-5-7-13/h3-9,17H,10,16H2,1-2H3. The van der Waals surface area contributed by atoms with E-state index in [1.54, 1.807) is 0 Å². The van der Waals surface area contributed by atoms with Crippen molar-refractivity contribution in [3.63, 3.8) is 0 Å². The highest BCUT2D eigenvalue weighted by molar-refractivity contribution is 5.63. The minimum absolute atomic E-state index is 0.824. The summed E-state index contributed by atoms with van der Waals surface area (Å²) in [6.07, 6.45) is 0. The maximum atomic E-state index is 5.81. The molecule has 2 aromatic rings. The van der Waals surface area contributed by atoms with Crippen LogP contribution in [0.4, 0.5) is 11.4 Å². The Morgan fingerprint density at radius 3 is 2.18 bits per heavy atom. The van der Waals surface area contributed by atoms with Gasteiger partial charge in [-0.15, -0.1) is 0 Å². The maximum Gasteiger partial charge on any atom is 0.0403 e. The highest BCUT2D eigenvalue weighted by Crippen LogP contribution is 2.23. The van der Waals surface area contributed by atoms with E-state index in [1.165, 1.54) is 22.4 Å². The van der Waals surface area contributed by atoms with Crippen molar-refractivity contribution in [2.24, 2.45) is 0 Å². The number of hydrogen-bond donors (Lipinski definition) is 2. The smallest absolute Gasteiger partial charge is 0.0403 e. The molecule has 0 atom stereocenters. The summed E-state index contributed by atoms with van der Waals surface area (Å²) in [6.45, 7) is 5.00. The van der Waals surface area contributed by atoms with Crippen LogP contribution in [0.3, 0.4) is 0 Å². The summed E-state index contributed by atoms with van der Waals surface area (Å²) in [4.78, 5) is 0. The lowest BCUT2D eigenvalue weighted by Crippen LogP contribution is -2.03. The van der Waals surface area contributed by atoms with Gasteiger partial charge in [0.05, 0.1) is 0 Å². The molecule has 0 aliphatic heterocycles. The molecular weight excluding hydrogens is 208 g/mol. The number of hydrogen-bond acceptors (Lipinski definition) is 2. The molecule has 0 spiro atoms. The molecule has 17 heavy (non-hydrogen) atoms. The van der Waals surface area contributed by atoms with Gasteiger partial charge in [-0.1, -0.05) is 30.3 Å². The number of nitrogens with one attached hydrogen (secondary N) is 1. The Morgan fingerprint density at radius 1 is 1.00 bits per heavy atom. The van der Waals surface area contributed by atoms with Gasteiger partial charge in [0.1, 0.15) is 0 Å². The zero-order chi connectivity index (χ0) is 12.3. The lowest BCUT2D eigenvalue weighted by Gasteiger charge is -2.13. The SMILES string of the molecule is Cc1cc(N)cc(C)c1NCc1ccccc1. The van der Waals surface area contributed by atoms with Crippen LogP contribution in [-0.4, -0.2) is 0 Å². The number of nitrogens with two attached hydrogens (primary N) is 1. The zero-order valence-corrected chi connectivity index (χ0v) is 10.3. The third-order valence-corrected chi connectivity index (χ3v) is 2.87. The molecule has 3 N–H and O–H groups in total. The summed E-state index contributed by atoms with van der Waals surface area (Å²) in [6, 6.07) is 14.4. The second-order valence-corrected chi connectivity index (χ2v) is 4.37. The van der Waals surface area contributed by atoms with Crippen molar-refractivity contribution >= 4 is 11.4 Å². The van der Waals surface area contributed by atoms with Gasteiger partial charge in [-0.05, 0) is 42.7 Å². The number of anilines is 2. The summed E-state index contributed by atoms with van der Waals surface area (Å²) in [5, 5.41) is 3.47. The predicted octanol–water partition coefficient (Wildman–Crippen LogP) is 3.50. The molecule has 0 bridgehead atoms. The van der Waals surface area contributed by atoms with Crippen LogP contribution in [0.25, 0.3) is 0 Å². The van der Waals surface area contributed by atoms with E-state index in [0.717, 1.165) is 12.2 Å². The fourth-order valence-corrected chi connectivity index (χ4v) is 2.06. The van der Waals surface area contributed by atoms with Crippen LogP contribution in [0, 0.1) is 13.8 Å². The first-order valence-electron chi connectivity index (χ1n) is 5.81. The first kappa shape index (κ1) is 11.5. The second-order valence-electron chi connectivity index (χ2n) is 4.37. The highest BCUT2D eigenvalue weighted by Gasteiger charge is 2.03. The van der Waals surface area contributed by atoms with Crippen LogP contribution in [0.1, 0.15) is 16.7 Å². The van der Waals surface area contributed by atoms with Gasteiger partial charge >= 0.3 is 0 Å². The third-order valence-electron chi connectivity index (χ3n) is 2.87. The molecule has 2 heteroatoms. The third kappa shape index (κ3) is 2.78. The first-order chi connectivity index (χ1) is 8.16. The average molecular weight is 226 g/mol. The largest absolute Gasteiger partial charge is 0.399 e. The van der Waals surface area contributed by atoms with Crippen LogP contribution in [-0.2, 0) is 6.54 Å². The monoisotopic (exact) mass is 226 g/mol. The van der Waals surface area contributed by atoms with Gasteiger partial charge in [0.15, 0.2) is 0 Å². The lowest BCUT2D eigenvalue weighted by atomic mass is 10.1. The molecule has 0 unspecified atom stereocenters. The quantitative estimate of drug-likeness (QED) is 0.786. The van der Waals surface area contributed by atoms with Gasteiger partial charge in [0.25, 0.3) is 0 Å². The molecule has 0 radical (unpaired) electrons. The van der Waals surface area contributed by atoms with Gasteiger partial charge in [-0.2, -0.15) is 0 Å².